The van der Waals surface area contributed by atoms with Gasteiger partial charge in [-0.2, -0.15) is 0 Å². The molecule has 1 saturated carbocycles. The zero-order valence-electron chi connectivity index (χ0n) is 15.0. The Bertz CT molecular complexity index is 717. The number of carbonyl (C=O) groups excluding carboxylic acids is 1. The van der Waals surface area contributed by atoms with Gasteiger partial charge in [-0.15, -0.1) is 5.10 Å². The van der Waals surface area contributed by atoms with Crippen LogP contribution < -0.4 is 4.72 Å². The van der Waals surface area contributed by atoms with Gasteiger partial charge in [-0.3, -0.25) is 4.79 Å². The second-order valence-corrected chi connectivity index (χ2v) is 9.77. The van der Waals surface area contributed by atoms with Gasteiger partial charge >= 0.3 is 0 Å². The van der Waals surface area contributed by atoms with Crippen molar-refractivity contribution in [2.75, 3.05) is 25.1 Å². The van der Waals surface area contributed by atoms with Crippen molar-refractivity contribution >= 4 is 27.7 Å². The van der Waals surface area contributed by atoms with Crippen LogP contribution in [0, 0.1) is 0 Å². The second kappa shape index (κ2) is 8.66. The van der Waals surface area contributed by atoms with Crippen molar-refractivity contribution < 1.29 is 13.2 Å². The third-order valence-corrected chi connectivity index (χ3v) is 6.60. The summed E-state index contributed by atoms with van der Waals surface area (Å²) in [7, 11) is -3.26. The van der Waals surface area contributed by atoms with Gasteiger partial charge in [0.15, 0.2) is 0 Å². The molecule has 11 heteroatoms. The van der Waals surface area contributed by atoms with Gasteiger partial charge in [-0.25, -0.2) is 17.8 Å². The highest BCUT2D eigenvalue weighted by Gasteiger charge is 2.28. The molecule has 0 spiro atoms. The minimum absolute atomic E-state index is 0.0102. The van der Waals surface area contributed by atoms with Crippen LogP contribution in [0.3, 0.4) is 0 Å². The molecule has 26 heavy (non-hydrogen) atoms. The number of rotatable bonds is 7. The summed E-state index contributed by atoms with van der Waals surface area (Å²) in [5.74, 6) is 0.276. The van der Waals surface area contributed by atoms with Crippen molar-refractivity contribution in [3.05, 3.63) is 0 Å². The number of nitrogens with one attached hydrogen (secondary N) is 1. The van der Waals surface area contributed by atoms with Gasteiger partial charge in [0.05, 0.1) is 18.1 Å². The monoisotopic (exact) mass is 402 g/mol. The SMILES string of the molecule is CS(=O)(=O)NCC1CCCCN1C(=O)CSc1nnnn1C1CCCC1. The molecule has 146 valence electrons. The topological polar surface area (TPSA) is 110 Å². The van der Waals surface area contributed by atoms with Crippen LogP contribution in [-0.4, -0.2) is 70.6 Å². The maximum Gasteiger partial charge on any atom is 0.233 e. The Kier molecular flexibility index (Phi) is 6.51. The number of carbonyl (C=O) groups is 1. The molecule has 2 heterocycles. The number of hydrogen-bond donors (Lipinski definition) is 1. The first-order valence-corrected chi connectivity index (χ1v) is 12.0. The van der Waals surface area contributed by atoms with Crippen LogP contribution >= 0.6 is 11.8 Å². The predicted molar refractivity (Wildman–Crippen MR) is 98.2 cm³/mol. The molecule has 9 nitrogen and oxygen atoms in total. The molecule has 1 aromatic heterocycles. The molecule has 2 fully saturated rings. The number of thioether (sulfide) groups is 1. The van der Waals surface area contributed by atoms with Crippen molar-refractivity contribution in [3.63, 3.8) is 0 Å². The number of tetrazole rings is 1. The molecular formula is C15H26N6O3S2. The predicted octanol–water partition coefficient (Wildman–Crippen LogP) is 0.811. The highest BCUT2D eigenvalue weighted by Crippen LogP contribution is 2.31. The molecular weight excluding hydrogens is 376 g/mol. The van der Waals surface area contributed by atoms with E-state index in [2.05, 4.69) is 20.2 Å². The average Bonchev–Trinajstić information content (AvgIpc) is 3.28. The lowest BCUT2D eigenvalue weighted by molar-refractivity contribution is -0.131. The molecule has 2 aliphatic rings. The summed E-state index contributed by atoms with van der Waals surface area (Å²) in [5, 5.41) is 12.6. The third kappa shape index (κ3) is 5.17. The van der Waals surface area contributed by atoms with E-state index in [9.17, 15) is 13.2 Å². The number of likely N-dealkylation sites (tertiary alicyclic amines) is 1. The van der Waals surface area contributed by atoms with Crippen LogP contribution in [0.2, 0.25) is 0 Å². The van der Waals surface area contributed by atoms with Crippen LogP contribution in [0.5, 0.6) is 0 Å². The molecule has 1 amide bonds. The molecule has 1 atom stereocenters. The van der Waals surface area contributed by atoms with E-state index in [-0.39, 0.29) is 24.2 Å². The van der Waals surface area contributed by atoms with Crippen molar-refractivity contribution in [1.82, 2.24) is 29.8 Å². The number of aromatic nitrogens is 4. The van der Waals surface area contributed by atoms with Crippen molar-refractivity contribution in [2.45, 2.75) is 62.2 Å². The van der Waals surface area contributed by atoms with Gasteiger partial charge in [0, 0.05) is 19.1 Å². The summed E-state index contributed by atoms with van der Waals surface area (Å²) in [6, 6.07) is 0.252. The summed E-state index contributed by atoms with van der Waals surface area (Å²) < 4.78 is 27.1. The van der Waals surface area contributed by atoms with Crippen molar-refractivity contribution in [3.8, 4) is 0 Å². The van der Waals surface area contributed by atoms with E-state index in [0.29, 0.717) is 17.7 Å². The number of piperidine rings is 1. The van der Waals surface area contributed by atoms with Crippen LogP contribution in [0.4, 0.5) is 0 Å². The molecule has 1 unspecified atom stereocenters. The largest absolute Gasteiger partial charge is 0.338 e. The summed E-state index contributed by atoms with van der Waals surface area (Å²) in [6.07, 6.45) is 8.46. The van der Waals surface area contributed by atoms with Gasteiger partial charge < -0.3 is 4.90 Å². The first-order valence-electron chi connectivity index (χ1n) is 9.09. The molecule has 1 aliphatic heterocycles. The summed E-state index contributed by atoms with van der Waals surface area (Å²) >= 11 is 1.36. The van der Waals surface area contributed by atoms with Crippen LogP contribution in [0.1, 0.15) is 51.0 Å². The zero-order chi connectivity index (χ0) is 18.6. The third-order valence-electron chi connectivity index (χ3n) is 4.99. The second-order valence-electron chi connectivity index (χ2n) is 6.99. The summed E-state index contributed by atoms with van der Waals surface area (Å²) in [5.41, 5.74) is 0. The van der Waals surface area contributed by atoms with Crippen LogP contribution in [0.15, 0.2) is 5.16 Å². The Balaban J connectivity index is 1.57. The molecule has 0 bridgehead atoms. The van der Waals surface area contributed by atoms with E-state index in [4.69, 9.17) is 0 Å². The Morgan fingerprint density at radius 1 is 1.23 bits per heavy atom. The smallest absolute Gasteiger partial charge is 0.233 e. The van der Waals surface area contributed by atoms with E-state index in [1.807, 2.05) is 4.68 Å². The zero-order valence-corrected chi connectivity index (χ0v) is 16.6. The van der Waals surface area contributed by atoms with Crippen molar-refractivity contribution in [2.24, 2.45) is 0 Å². The van der Waals surface area contributed by atoms with Crippen LogP contribution in [0.25, 0.3) is 0 Å². The maximum atomic E-state index is 12.7. The van der Waals surface area contributed by atoms with Gasteiger partial charge in [-0.1, -0.05) is 24.6 Å². The summed E-state index contributed by atoms with van der Waals surface area (Å²) in [6.45, 7) is 0.943. The minimum Gasteiger partial charge on any atom is -0.338 e. The number of nitrogens with zero attached hydrogens (tertiary/aromatic N) is 5. The average molecular weight is 403 g/mol. The fraction of sp³-hybridized carbons (Fsp3) is 0.867. The van der Waals surface area contributed by atoms with E-state index in [1.54, 1.807) is 4.90 Å². The first-order chi connectivity index (χ1) is 12.4. The molecule has 0 radical (unpaired) electrons. The van der Waals surface area contributed by atoms with Gasteiger partial charge in [0.25, 0.3) is 0 Å². The molecule has 1 N–H and O–H groups in total. The van der Waals surface area contributed by atoms with Crippen molar-refractivity contribution in [1.29, 1.82) is 0 Å². The minimum atomic E-state index is -3.26. The fourth-order valence-corrected chi connectivity index (χ4v) is 4.98. The maximum absolute atomic E-state index is 12.7. The summed E-state index contributed by atoms with van der Waals surface area (Å²) in [4.78, 5) is 14.5. The highest BCUT2D eigenvalue weighted by molar-refractivity contribution is 7.99. The fourth-order valence-electron chi connectivity index (χ4n) is 3.66. The van der Waals surface area contributed by atoms with E-state index >= 15 is 0 Å². The van der Waals surface area contributed by atoms with Crippen LogP contribution in [-0.2, 0) is 14.8 Å². The lowest BCUT2D eigenvalue weighted by Crippen LogP contribution is -2.49. The van der Waals surface area contributed by atoms with Gasteiger partial charge in [-0.05, 0) is 42.5 Å². The Hall–Kier alpha value is -1.20. The molecule has 3 rings (SSSR count). The molecule has 1 aliphatic carbocycles. The lowest BCUT2D eigenvalue weighted by atomic mass is 10.0. The van der Waals surface area contributed by atoms with E-state index in [1.165, 1.54) is 24.6 Å². The van der Waals surface area contributed by atoms with Gasteiger partial charge in [0.2, 0.25) is 21.1 Å². The quantitative estimate of drug-likeness (QED) is 0.672. The standard InChI is InChI=1S/C15H26N6O3S2/c1-26(23,24)16-10-13-8-4-5-9-20(13)14(22)11-25-15-17-18-19-21(15)12-6-2-3-7-12/h12-13,16H,2-11H2,1H3. The molecule has 1 aromatic rings. The highest BCUT2D eigenvalue weighted by atomic mass is 32.2. The Morgan fingerprint density at radius 3 is 2.69 bits per heavy atom. The molecule has 0 aromatic carbocycles. The first kappa shape index (κ1) is 19.6. The Morgan fingerprint density at radius 2 is 1.96 bits per heavy atom. The van der Waals surface area contributed by atoms with E-state index < -0.39 is 10.0 Å². The molecule has 1 saturated heterocycles. The normalized spacial score (nSPS) is 22.0. The van der Waals surface area contributed by atoms with Gasteiger partial charge in [0.1, 0.15) is 0 Å². The van der Waals surface area contributed by atoms with E-state index in [0.717, 1.165) is 38.4 Å². The number of hydrogen-bond acceptors (Lipinski definition) is 7. The number of amides is 1. The Labute approximate surface area is 158 Å². The lowest BCUT2D eigenvalue weighted by Gasteiger charge is -2.35. The number of sulfonamides is 1.